The molecule has 0 aromatic heterocycles. The molecule has 17 heavy (non-hydrogen) atoms. The first-order valence-electron chi connectivity index (χ1n) is 6.26. The molecule has 2 nitrogen and oxygen atoms in total. The molecule has 0 radical (unpaired) electrons. The molecule has 3 unspecified atom stereocenters. The van der Waals surface area contributed by atoms with E-state index in [0.29, 0.717) is 11.5 Å². The van der Waals surface area contributed by atoms with Gasteiger partial charge in [-0.3, -0.25) is 4.79 Å². The number of carbonyl (C=O) groups is 1. The molecule has 2 aliphatic rings. The highest BCUT2D eigenvalue weighted by Gasteiger charge is 2.44. The first-order chi connectivity index (χ1) is 8.27. The van der Waals surface area contributed by atoms with E-state index in [4.69, 9.17) is 0 Å². The molecule has 1 aromatic rings. The predicted octanol–water partition coefficient (Wildman–Crippen LogP) is 2.11. The molecule has 3 rings (SSSR count). The standard InChI is InChI=1S/C14H16FNO/c15-13-4-2-1-3-11(13)12-7-9-8-16-6-5-10(9)14(12)17/h1-4,9-10,12,16H,5-8H2. The number of hydrogen-bond acceptors (Lipinski definition) is 2. The zero-order valence-electron chi connectivity index (χ0n) is 9.66. The van der Waals surface area contributed by atoms with E-state index in [1.807, 2.05) is 6.07 Å². The van der Waals surface area contributed by atoms with E-state index in [9.17, 15) is 9.18 Å². The second kappa shape index (κ2) is 4.22. The van der Waals surface area contributed by atoms with Crippen molar-refractivity contribution >= 4 is 5.78 Å². The van der Waals surface area contributed by atoms with Crippen molar-refractivity contribution in [2.45, 2.75) is 18.8 Å². The normalized spacial score (nSPS) is 32.5. The number of fused-ring (bicyclic) bond motifs is 1. The summed E-state index contributed by atoms with van der Waals surface area (Å²) in [6.07, 6.45) is 1.71. The Morgan fingerprint density at radius 3 is 2.88 bits per heavy atom. The van der Waals surface area contributed by atoms with Crippen molar-refractivity contribution in [2.75, 3.05) is 13.1 Å². The predicted molar refractivity (Wildman–Crippen MR) is 63.2 cm³/mol. The molecule has 3 atom stereocenters. The third-order valence-electron chi connectivity index (χ3n) is 4.14. The quantitative estimate of drug-likeness (QED) is 0.805. The Kier molecular flexibility index (Phi) is 2.71. The Morgan fingerprint density at radius 2 is 2.12 bits per heavy atom. The molecular formula is C14H16FNO. The molecule has 1 saturated heterocycles. The molecule has 1 N–H and O–H groups in total. The molecular weight excluding hydrogens is 217 g/mol. The molecule has 1 aliphatic carbocycles. The highest BCUT2D eigenvalue weighted by atomic mass is 19.1. The number of Topliss-reactive ketones (excluding diaryl/α,β-unsaturated/α-hetero) is 1. The SMILES string of the molecule is O=C1C(c2ccccc2F)CC2CNCCC12. The fraction of sp³-hybridized carbons (Fsp3) is 0.500. The fourth-order valence-corrected chi connectivity index (χ4v) is 3.26. The van der Waals surface area contributed by atoms with Gasteiger partial charge in [0.1, 0.15) is 11.6 Å². The van der Waals surface area contributed by atoms with E-state index in [1.54, 1.807) is 12.1 Å². The second-order valence-corrected chi connectivity index (χ2v) is 5.07. The van der Waals surface area contributed by atoms with Crippen molar-refractivity contribution in [3.05, 3.63) is 35.6 Å². The van der Waals surface area contributed by atoms with Crippen molar-refractivity contribution in [3.8, 4) is 0 Å². The van der Waals surface area contributed by atoms with Gasteiger partial charge in [0.25, 0.3) is 0 Å². The molecule has 0 spiro atoms. The largest absolute Gasteiger partial charge is 0.316 e. The van der Waals surface area contributed by atoms with Crippen LogP contribution >= 0.6 is 0 Å². The number of piperidine rings is 1. The minimum Gasteiger partial charge on any atom is -0.316 e. The van der Waals surface area contributed by atoms with Gasteiger partial charge in [0.2, 0.25) is 0 Å². The van der Waals surface area contributed by atoms with Gasteiger partial charge in [0, 0.05) is 11.8 Å². The minimum atomic E-state index is -0.238. The third-order valence-corrected chi connectivity index (χ3v) is 4.14. The van der Waals surface area contributed by atoms with E-state index in [2.05, 4.69) is 5.32 Å². The summed E-state index contributed by atoms with van der Waals surface area (Å²) in [5.74, 6) is 0.354. The lowest BCUT2D eigenvalue weighted by Gasteiger charge is -2.24. The smallest absolute Gasteiger partial charge is 0.143 e. The van der Waals surface area contributed by atoms with Crippen LogP contribution in [-0.2, 0) is 4.79 Å². The Bertz CT molecular complexity index is 446. The van der Waals surface area contributed by atoms with Crippen molar-refractivity contribution in [3.63, 3.8) is 0 Å². The number of benzene rings is 1. The molecule has 90 valence electrons. The molecule has 1 saturated carbocycles. The lowest BCUT2D eigenvalue weighted by molar-refractivity contribution is -0.122. The van der Waals surface area contributed by atoms with Gasteiger partial charge in [-0.1, -0.05) is 18.2 Å². The van der Waals surface area contributed by atoms with Crippen LogP contribution in [0.1, 0.15) is 24.3 Å². The number of carbonyl (C=O) groups excluding carboxylic acids is 1. The van der Waals surface area contributed by atoms with Crippen LogP contribution in [0.5, 0.6) is 0 Å². The number of nitrogens with one attached hydrogen (secondary N) is 1. The molecule has 1 aliphatic heterocycles. The maximum Gasteiger partial charge on any atom is 0.143 e. The number of hydrogen-bond donors (Lipinski definition) is 1. The maximum absolute atomic E-state index is 13.7. The van der Waals surface area contributed by atoms with E-state index in [-0.39, 0.29) is 23.4 Å². The van der Waals surface area contributed by atoms with Gasteiger partial charge in [0.05, 0.1) is 0 Å². The number of rotatable bonds is 1. The van der Waals surface area contributed by atoms with Gasteiger partial charge in [-0.25, -0.2) is 4.39 Å². The summed E-state index contributed by atoms with van der Waals surface area (Å²) in [4.78, 5) is 12.3. The van der Waals surface area contributed by atoms with Crippen LogP contribution in [0.2, 0.25) is 0 Å². The zero-order valence-corrected chi connectivity index (χ0v) is 9.66. The van der Waals surface area contributed by atoms with Gasteiger partial charge in [-0.05, 0) is 43.5 Å². The fourth-order valence-electron chi connectivity index (χ4n) is 3.26. The highest BCUT2D eigenvalue weighted by molar-refractivity contribution is 5.90. The van der Waals surface area contributed by atoms with Crippen LogP contribution < -0.4 is 5.32 Å². The van der Waals surface area contributed by atoms with Gasteiger partial charge in [0.15, 0.2) is 0 Å². The lowest BCUT2D eigenvalue weighted by Crippen LogP contribution is -2.35. The van der Waals surface area contributed by atoms with Crippen molar-refractivity contribution < 1.29 is 9.18 Å². The maximum atomic E-state index is 13.7. The minimum absolute atomic E-state index is 0.154. The van der Waals surface area contributed by atoms with Crippen LogP contribution in [0, 0.1) is 17.7 Å². The van der Waals surface area contributed by atoms with Crippen LogP contribution in [0.3, 0.4) is 0 Å². The topological polar surface area (TPSA) is 29.1 Å². The van der Waals surface area contributed by atoms with Crippen molar-refractivity contribution in [1.82, 2.24) is 5.32 Å². The van der Waals surface area contributed by atoms with Gasteiger partial charge in [-0.15, -0.1) is 0 Å². The molecule has 3 heteroatoms. The van der Waals surface area contributed by atoms with E-state index in [0.717, 1.165) is 25.9 Å². The second-order valence-electron chi connectivity index (χ2n) is 5.07. The highest BCUT2D eigenvalue weighted by Crippen LogP contribution is 2.42. The van der Waals surface area contributed by atoms with Gasteiger partial charge in [-0.2, -0.15) is 0 Å². The van der Waals surface area contributed by atoms with E-state index in [1.165, 1.54) is 6.07 Å². The summed E-state index contributed by atoms with van der Waals surface area (Å²) in [5, 5.41) is 3.32. The van der Waals surface area contributed by atoms with Gasteiger partial charge >= 0.3 is 0 Å². The number of ketones is 1. The summed E-state index contributed by atoms with van der Waals surface area (Å²) in [7, 11) is 0. The molecule has 2 fully saturated rings. The first kappa shape index (κ1) is 10.9. The summed E-state index contributed by atoms with van der Waals surface area (Å²) in [6.45, 7) is 1.82. The van der Waals surface area contributed by atoms with Crippen molar-refractivity contribution in [2.24, 2.45) is 11.8 Å². The summed E-state index contributed by atoms with van der Waals surface area (Å²) < 4.78 is 13.7. The van der Waals surface area contributed by atoms with E-state index >= 15 is 0 Å². The Labute approximate surface area is 100 Å². The number of halogens is 1. The van der Waals surface area contributed by atoms with Crippen LogP contribution in [0.25, 0.3) is 0 Å². The van der Waals surface area contributed by atoms with E-state index < -0.39 is 0 Å². The molecule has 0 amide bonds. The first-order valence-corrected chi connectivity index (χ1v) is 6.26. The molecule has 1 heterocycles. The molecule has 0 bridgehead atoms. The van der Waals surface area contributed by atoms with Gasteiger partial charge < -0.3 is 5.32 Å². The van der Waals surface area contributed by atoms with Crippen LogP contribution in [0.4, 0.5) is 4.39 Å². The lowest BCUT2D eigenvalue weighted by atomic mass is 9.89. The van der Waals surface area contributed by atoms with Crippen molar-refractivity contribution in [1.29, 1.82) is 0 Å². The summed E-state index contributed by atoms with van der Waals surface area (Å²) in [6, 6.07) is 6.68. The zero-order chi connectivity index (χ0) is 11.8. The summed E-state index contributed by atoms with van der Waals surface area (Å²) in [5.41, 5.74) is 0.590. The third kappa shape index (κ3) is 1.78. The molecule has 1 aromatic carbocycles. The Hall–Kier alpha value is -1.22. The Morgan fingerprint density at radius 1 is 1.29 bits per heavy atom. The van der Waals surface area contributed by atoms with Crippen LogP contribution in [-0.4, -0.2) is 18.9 Å². The average Bonchev–Trinajstić information content (AvgIpc) is 2.68. The van der Waals surface area contributed by atoms with Crippen LogP contribution in [0.15, 0.2) is 24.3 Å². The monoisotopic (exact) mass is 233 g/mol. The Balaban J connectivity index is 1.90. The summed E-state index contributed by atoms with van der Waals surface area (Å²) >= 11 is 0. The average molecular weight is 233 g/mol.